The van der Waals surface area contributed by atoms with E-state index in [1.807, 2.05) is 21.1 Å². The van der Waals surface area contributed by atoms with Crippen LogP contribution >= 0.6 is 0 Å². The monoisotopic (exact) mass is 576 g/mol. The lowest BCUT2D eigenvalue weighted by Gasteiger charge is -2.33. The second-order valence-electron chi connectivity index (χ2n) is 10.1. The average Bonchev–Trinajstić information content (AvgIpc) is 2.75. The molecule has 0 aromatic heterocycles. The normalized spacial score (nSPS) is 14.3. The second-order valence-corrected chi connectivity index (χ2v) is 10.1. The van der Waals surface area contributed by atoms with Gasteiger partial charge < -0.3 is 14.5 Å². The van der Waals surface area contributed by atoms with Crippen LogP contribution in [0.3, 0.4) is 0 Å². The molecule has 0 aliphatic carbocycles. The lowest BCUT2D eigenvalue weighted by molar-refractivity contribution is -0.869. The summed E-state index contributed by atoms with van der Waals surface area (Å²) in [7, 11) is 5.46. The fourth-order valence-electron chi connectivity index (χ4n) is 3.15. The smallest absolute Gasteiger partial charge is 0.460 e. The average molecular weight is 577 g/mol. The summed E-state index contributed by atoms with van der Waals surface area (Å²) >= 11 is 0. The van der Waals surface area contributed by atoms with Gasteiger partial charge in [-0.05, 0) is 6.42 Å². The molecule has 0 saturated heterocycles. The van der Waals surface area contributed by atoms with E-state index in [1.165, 1.54) is 0 Å². The third kappa shape index (κ3) is 12.0. The fourth-order valence-corrected chi connectivity index (χ4v) is 3.15. The first-order valence-corrected chi connectivity index (χ1v) is 12.4. The number of amides is 1. The molecule has 0 bridgehead atoms. The highest BCUT2D eigenvalue weighted by molar-refractivity contribution is 5.85. The van der Waals surface area contributed by atoms with Crippen molar-refractivity contribution in [3.8, 4) is 0 Å². The Kier molecular flexibility index (Phi) is 14.4. The minimum atomic E-state index is -7.02. The summed E-state index contributed by atoms with van der Waals surface area (Å²) in [4.78, 5) is 24.6. The SMILES string of the molecule is CCCCCCCCNC(=O)CC(NCC[N+](C)(C)C)C(=O)OCCC(F)(F)C(F)(F)C(F)(F)C(F)(F)F. The van der Waals surface area contributed by atoms with Crippen molar-refractivity contribution < 1.29 is 58.3 Å². The van der Waals surface area contributed by atoms with E-state index in [0.29, 0.717) is 24.0 Å². The number of nitrogens with zero attached hydrogens (tertiary/aromatic N) is 1. The van der Waals surface area contributed by atoms with Crippen molar-refractivity contribution in [3.63, 3.8) is 0 Å². The second kappa shape index (κ2) is 15.1. The molecular formula is C23H39F9N3O3+. The number of hydrogen-bond donors (Lipinski definition) is 2. The number of carbonyl (C=O) groups excluding carboxylic acids is 2. The molecule has 0 aliphatic heterocycles. The third-order valence-corrected chi connectivity index (χ3v) is 5.57. The van der Waals surface area contributed by atoms with E-state index in [0.717, 1.165) is 32.1 Å². The van der Waals surface area contributed by atoms with Crippen LogP contribution in [0.15, 0.2) is 0 Å². The summed E-state index contributed by atoms with van der Waals surface area (Å²) in [5.74, 6) is -21.6. The van der Waals surface area contributed by atoms with E-state index in [4.69, 9.17) is 0 Å². The van der Waals surface area contributed by atoms with Gasteiger partial charge in [0.25, 0.3) is 0 Å². The van der Waals surface area contributed by atoms with E-state index in [-0.39, 0.29) is 6.54 Å². The van der Waals surface area contributed by atoms with Crippen molar-refractivity contribution in [3.05, 3.63) is 0 Å². The van der Waals surface area contributed by atoms with Crippen molar-refractivity contribution in [2.24, 2.45) is 0 Å². The Morgan fingerprint density at radius 3 is 1.89 bits per heavy atom. The summed E-state index contributed by atoms with van der Waals surface area (Å²) in [6.45, 7) is 1.41. The summed E-state index contributed by atoms with van der Waals surface area (Å²) in [6.07, 6.45) is -3.93. The van der Waals surface area contributed by atoms with Crippen LogP contribution in [0.25, 0.3) is 0 Å². The molecular weight excluding hydrogens is 537 g/mol. The summed E-state index contributed by atoms with van der Waals surface area (Å²) in [5, 5.41) is 5.30. The number of quaternary nitrogens is 1. The molecule has 0 fully saturated rings. The van der Waals surface area contributed by atoms with Crippen LogP contribution in [0, 0.1) is 0 Å². The first-order chi connectivity index (χ1) is 17.2. The van der Waals surface area contributed by atoms with Crippen LogP contribution in [0.1, 0.15) is 58.3 Å². The number of esters is 1. The van der Waals surface area contributed by atoms with E-state index >= 15 is 0 Å². The number of likely N-dealkylation sites (N-methyl/N-ethyl adjacent to an activating group) is 1. The third-order valence-electron chi connectivity index (χ3n) is 5.57. The van der Waals surface area contributed by atoms with Gasteiger partial charge in [0, 0.05) is 13.1 Å². The molecule has 15 heteroatoms. The molecule has 0 aromatic rings. The van der Waals surface area contributed by atoms with Crippen LogP contribution in [0.2, 0.25) is 0 Å². The molecule has 0 heterocycles. The number of ether oxygens (including phenoxy) is 1. The Hall–Kier alpha value is -1.77. The largest absolute Gasteiger partial charge is 0.464 e. The molecule has 226 valence electrons. The van der Waals surface area contributed by atoms with E-state index < -0.39 is 61.3 Å². The van der Waals surface area contributed by atoms with Gasteiger partial charge in [-0.3, -0.25) is 14.9 Å². The zero-order chi connectivity index (χ0) is 29.8. The lowest BCUT2D eigenvalue weighted by Crippen LogP contribution is -2.61. The highest BCUT2D eigenvalue weighted by atomic mass is 19.4. The molecule has 0 saturated carbocycles. The van der Waals surface area contributed by atoms with Crippen molar-refractivity contribution >= 4 is 11.9 Å². The van der Waals surface area contributed by atoms with Gasteiger partial charge in [-0.1, -0.05) is 39.0 Å². The minimum Gasteiger partial charge on any atom is -0.464 e. The van der Waals surface area contributed by atoms with Gasteiger partial charge >= 0.3 is 29.9 Å². The van der Waals surface area contributed by atoms with Gasteiger partial charge in [0.1, 0.15) is 6.04 Å². The standard InChI is InChI=1S/C23H38F9N3O3/c1-5-6-7-8-9-10-12-34-18(36)16-17(33-13-14-35(2,3)4)19(37)38-15-11-20(24,25)21(26,27)22(28,29)23(30,31)32/h17,33H,5-16H2,1-4H3/p+1. The van der Waals surface area contributed by atoms with E-state index in [2.05, 4.69) is 22.3 Å². The predicted molar refractivity (Wildman–Crippen MR) is 122 cm³/mol. The number of rotatable bonds is 19. The first-order valence-electron chi connectivity index (χ1n) is 12.4. The fraction of sp³-hybridized carbons (Fsp3) is 0.913. The van der Waals surface area contributed by atoms with Crippen molar-refractivity contribution in [2.45, 2.75) is 88.3 Å². The summed E-state index contributed by atoms with van der Waals surface area (Å²) in [6, 6.07) is -1.39. The Labute approximate surface area is 217 Å². The molecule has 1 atom stereocenters. The molecule has 1 amide bonds. The van der Waals surface area contributed by atoms with Gasteiger partial charge in [-0.2, -0.15) is 39.5 Å². The number of carbonyl (C=O) groups is 2. The maximum atomic E-state index is 13.7. The molecule has 6 nitrogen and oxygen atoms in total. The zero-order valence-electron chi connectivity index (χ0n) is 22.1. The topological polar surface area (TPSA) is 67.4 Å². The maximum absolute atomic E-state index is 13.7. The number of unbranched alkanes of at least 4 members (excludes halogenated alkanes) is 5. The Bertz CT molecular complexity index is 727. The first kappa shape index (κ1) is 36.2. The molecule has 2 N–H and O–H groups in total. The van der Waals surface area contributed by atoms with Gasteiger partial charge in [0.2, 0.25) is 5.91 Å². The van der Waals surface area contributed by atoms with Gasteiger partial charge in [0.15, 0.2) is 0 Å². The van der Waals surface area contributed by atoms with Crippen molar-refractivity contribution in [1.82, 2.24) is 10.6 Å². The number of alkyl halides is 9. The summed E-state index contributed by atoms with van der Waals surface area (Å²) < 4.78 is 122. The molecule has 0 radical (unpaired) electrons. The van der Waals surface area contributed by atoms with Crippen molar-refractivity contribution in [1.29, 1.82) is 0 Å². The molecule has 0 aromatic carbocycles. The number of hydrogen-bond acceptors (Lipinski definition) is 4. The van der Waals surface area contributed by atoms with Gasteiger partial charge in [-0.15, -0.1) is 0 Å². The highest BCUT2D eigenvalue weighted by Gasteiger charge is 2.81. The minimum absolute atomic E-state index is 0.153. The maximum Gasteiger partial charge on any atom is 0.460 e. The number of nitrogens with one attached hydrogen (secondary N) is 2. The Morgan fingerprint density at radius 1 is 0.816 bits per heavy atom. The number of halogens is 9. The lowest BCUT2D eigenvalue weighted by atomic mass is 10.0. The summed E-state index contributed by atoms with van der Waals surface area (Å²) in [5.41, 5.74) is 0. The predicted octanol–water partition coefficient (Wildman–Crippen LogP) is 4.92. The van der Waals surface area contributed by atoms with Crippen LogP contribution < -0.4 is 10.6 Å². The Balaban J connectivity index is 5.06. The van der Waals surface area contributed by atoms with Crippen LogP contribution in [-0.4, -0.2) is 93.7 Å². The van der Waals surface area contributed by atoms with E-state index in [9.17, 15) is 49.1 Å². The molecule has 0 aliphatic rings. The molecule has 0 spiro atoms. The molecule has 38 heavy (non-hydrogen) atoms. The quantitative estimate of drug-likeness (QED) is 0.0992. The van der Waals surface area contributed by atoms with Crippen LogP contribution in [0.4, 0.5) is 39.5 Å². The zero-order valence-corrected chi connectivity index (χ0v) is 22.1. The van der Waals surface area contributed by atoms with Gasteiger partial charge in [-0.25, -0.2) is 0 Å². The Morgan fingerprint density at radius 2 is 1.37 bits per heavy atom. The molecule has 1 unspecified atom stereocenters. The van der Waals surface area contributed by atoms with Crippen molar-refractivity contribution in [2.75, 3.05) is 47.4 Å². The van der Waals surface area contributed by atoms with Crippen LogP contribution in [-0.2, 0) is 14.3 Å². The van der Waals surface area contributed by atoms with Crippen LogP contribution in [0.5, 0.6) is 0 Å². The highest BCUT2D eigenvalue weighted by Crippen LogP contribution is 2.53. The van der Waals surface area contributed by atoms with E-state index in [1.54, 1.807) is 0 Å². The van der Waals surface area contributed by atoms with Gasteiger partial charge in [0.05, 0.1) is 47.1 Å². The molecule has 0 rings (SSSR count).